The van der Waals surface area contributed by atoms with Gasteiger partial charge in [0.15, 0.2) is 17.2 Å². The molecular formula is C14H22BrNO7. The lowest BCUT2D eigenvalue weighted by Crippen LogP contribution is -2.64. The molecule has 0 amide bonds. The molecule has 9 heteroatoms. The molecule has 0 aromatic rings. The van der Waals surface area contributed by atoms with Crippen LogP contribution in [0.4, 0.5) is 0 Å². The van der Waals surface area contributed by atoms with Crippen molar-refractivity contribution in [3.05, 3.63) is 0 Å². The summed E-state index contributed by atoms with van der Waals surface area (Å²) in [6, 6.07) is -0.471. The highest BCUT2D eigenvalue weighted by molar-refractivity contribution is 9.09. The van der Waals surface area contributed by atoms with Gasteiger partial charge < -0.3 is 18.9 Å². The minimum absolute atomic E-state index is 0.0769. The molecular weight excluding hydrogens is 374 g/mol. The highest BCUT2D eigenvalue weighted by Crippen LogP contribution is 2.31. The molecule has 1 aliphatic rings. The predicted molar refractivity (Wildman–Crippen MR) is 82.8 cm³/mol. The normalized spacial score (nSPS) is 30.7. The number of carbonyl (C=O) groups excluding carboxylic acids is 3. The SMILES string of the molecule is CC(=O)OC[C@H]1O[C@H](Br)[C@H](OC(C)=O)[C@@H](N(C)C)[C@@H]1OC(C)=O. The molecule has 0 aromatic heterocycles. The van der Waals surface area contributed by atoms with E-state index in [1.165, 1.54) is 20.8 Å². The summed E-state index contributed by atoms with van der Waals surface area (Å²) in [5.74, 6) is -1.45. The monoisotopic (exact) mass is 395 g/mol. The molecule has 0 radical (unpaired) electrons. The van der Waals surface area contributed by atoms with Crippen LogP contribution in [0, 0.1) is 0 Å². The fourth-order valence-corrected chi connectivity index (χ4v) is 3.15. The highest BCUT2D eigenvalue weighted by atomic mass is 79.9. The molecule has 0 N–H and O–H groups in total. The van der Waals surface area contributed by atoms with E-state index in [9.17, 15) is 14.4 Å². The van der Waals surface area contributed by atoms with Crippen molar-refractivity contribution >= 4 is 33.8 Å². The topological polar surface area (TPSA) is 91.4 Å². The standard InChI is InChI=1S/C14H22BrNO7/c1-7(17)20-6-10-12(21-8(2)18)11(16(4)5)13(14(15)23-10)22-9(3)19/h10-14H,6H2,1-5H3/t10-,11+,12-,13-,14+/m1/s1. The average Bonchev–Trinajstić information content (AvgIpc) is 2.38. The maximum atomic E-state index is 11.5. The molecule has 1 fully saturated rings. The molecule has 23 heavy (non-hydrogen) atoms. The molecule has 1 heterocycles. The number of ether oxygens (including phenoxy) is 4. The van der Waals surface area contributed by atoms with Gasteiger partial charge in [-0.3, -0.25) is 19.3 Å². The molecule has 0 aromatic carbocycles. The summed E-state index contributed by atoms with van der Waals surface area (Å²) < 4.78 is 21.4. The Labute approximate surface area is 143 Å². The van der Waals surface area contributed by atoms with Gasteiger partial charge in [-0.2, -0.15) is 0 Å². The molecule has 0 aliphatic carbocycles. The molecule has 1 rings (SSSR count). The Bertz CT molecular complexity index is 456. The van der Waals surface area contributed by atoms with E-state index in [1.54, 1.807) is 19.0 Å². The molecule has 0 unspecified atom stereocenters. The first-order valence-corrected chi connectivity index (χ1v) is 7.98. The van der Waals surface area contributed by atoms with Gasteiger partial charge in [0.05, 0.1) is 6.04 Å². The van der Waals surface area contributed by atoms with Gasteiger partial charge >= 0.3 is 17.9 Å². The number of likely N-dealkylation sites (N-methyl/N-ethyl adjacent to an activating group) is 1. The largest absolute Gasteiger partial charge is 0.463 e. The van der Waals surface area contributed by atoms with Crippen molar-refractivity contribution in [3.63, 3.8) is 0 Å². The first-order valence-electron chi connectivity index (χ1n) is 7.07. The second kappa shape index (κ2) is 8.60. The number of nitrogens with zero attached hydrogens (tertiary/aromatic N) is 1. The second-order valence-corrected chi connectivity index (χ2v) is 6.33. The fourth-order valence-electron chi connectivity index (χ4n) is 2.46. The lowest BCUT2D eigenvalue weighted by molar-refractivity contribution is -0.213. The van der Waals surface area contributed by atoms with Gasteiger partial charge in [0, 0.05) is 20.8 Å². The Morgan fingerprint density at radius 2 is 1.52 bits per heavy atom. The average molecular weight is 396 g/mol. The highest BCUT2D eigenvalue weighted by Gasteiger charge is 2.50. The summed E-state index contributed by atoms with van der Waals surface area (Å²) in [4.78, 5) is 35.6. The van der Waals surface area contributed by atoms with Gasteiger partial charge in [0.1, 0.15) is 12.7 Å². The molecule has 8 nitrogen and oxygen atoms in total. The first kappa shape index (κ1) is 19.9. The van der Waals surface area contributed by atoms with Crippen molar-refractivity contribution in [2.24, 2.45) is 0 Å². The number of alkyl halides is 1. The van der Waals surface area contributed by atoms with Crippen LogP contribution in [0.2, 0.25) is 0 Å². The van der Waals surface area contributed by atoms with Gasteiger partial charge in [-0.05, 0) is 14.1 Å². The zero-order valence-corrected chi connectivity index (χ0v) is 15.4. The maximum Gasteiger partial charge on any atom is 0.303 e. The van der Waals surface area contributed by atoms with Crippen LogP contribution in [-0.2, 0) is 33.3 Å². The first-order chi connectivity index (χ1) is 10.6. The van der Waals surface area contributed by atoms with Crippen molar-refractivity contribution in [3.8, 4) is 0 Å². The van der Waals surface area contributed by atoms with E-state index >= 15 is 0 Å². The predicted octanol–water partition coefficient (Wildman–Crippen LogP) is 0.463. The van der Waals surface area contributed by atoms with Crippen LogP contribution in [0.3, 0.4) is 0 Å². The summed E-state index contributed by atoms with van der Waals surface area (Å²) in [7, 11) is 3.54. The smallest absolute Gasteiger partial charge is 0.303 e. The van der Waals surface area contributed by atoms with E-state index in [1.807, 2.05) is 0 Å². The molecule has 132 valence electrons. The number of esters is 3. The minimum Gasteiger partial charge on any atom is -0.463 e. The minimum atomic E-state index is -0.764. The zero-order valence-electron chi connectivity index (χ0n) is 13.8. The molecule has 0 bridgehead atoms. The van der Waals surface area contributed by atoms with E-state index in [4.69, 9.17) is 18.9 Å². The summed E-state index contributed by atoms with van der Waals surface area (Å²) in [6.45, 7) is 3.77. The van der Waals surface area contributed by atoms with Crippen LogP contribution in [0.25, 0.3) is 0 Å². The van der Waals surface area contributed by atoms with E-state index < -0.39 is 47.3 Å². The van der Waals surface area contributed by atoms with Crippen LogP contribution >= 0.6 is 15.9 Å². The second-order valence-electron chi connectivity index (χ2n) is 5.43. The van der Waals surface area contributed by atoms with E-state index in [2.05, 4.69) is 15.9 Å². The van der Waals surface area contributed by atoms with Crippen LogP contribution in [0.15, 0.2) is 0 Å². The van der Waals surface area contributed by atoms with Gasteiger partial charge in [-0.1, -0.05) is 15.9 Å². The van der Waals surface area contributed by atoms with Crippen molar-refractivity contribution in [1.82, 2.24) is 4.90 Å². The van der Waals surface area contributed by atoms with Crippen molar-refractivity contribution in [2.45, 2.75) is 50.1 Å². The van der Waals surface area contributed by atoms with Crippen LogP contribution in [-0.4, -0.2) is 72.9 Å². The molecule has 5 atom stereocenters. The van der Waals surface area contributed by atoms with Crippen molar-refractivity contribution in [2.75, 3.05) is 20.7 Å². The van der Waals surface area contributed by atoms with E-state index in [0.717, 1.165) is 0 Å². The number of hydrogen-bond donors (Lipinski definition) is 0. The zero-order chi connectivity index (χ0) is 17.7. The Kier molecular flexibility index (Phi) is 7.43. The van der Waals surface area contributed by atoms with Crippen molar-refractivity contribution in [1.29, 1.82) is 0 Å². The molecule has 0 spiro atoms. The summed E-state index contributed by atoms with van der Waals surface area (Å²) in [5, 5.41) is -0.633. The third kappa shape index (κ3) is 5.74. The number of carbonyl (C=O) groups is 3. The summed E-state index contributed by atoms with van der Waals surface area (Å²) in [5.41, 5.74) is 0. The molecule has 0 saturated carbocycles. The molecule has 1 saturated heterocycles. The van der Waals surface area contributed by atoms with Crippen LogP contribution in [0.5, 0.6) is 0 Å². The fraction of sp³-hybridized carbons (Fsp3) is 0.786. The Morgan fingerprint density at radius 1 is 1.00 bits per heavy atom. The Hall–Kier alpha value is -1.19. The summed E-state index contributed by atoms with van der Waals surface area (Å²) >= 11 is 3.33. The quantitative estimate of drug-likeness (QED) is 0.376. The number of hydrogen-bond acceptors (Lipinski definition) is 8. The van der Waals surface area contributed by atoms with Gasteiger partial charge in [0.25, 0.3) is 0 Å². The lowest BCUT2D eigenvalue weighted by Gasteiger charge is -2.46. The van der Waals surface area contributed by atoms with Crippen LogP contribution in [0.1, 0.15) is 20.8 Å². The van der Waals surface area contributed by atoms with E-state index in [-0.39, 0.29) is 6.61 Å². The van der Waals surface area contributed by atoms with E-state index in [0.29, 0.717) is 0 Å². The van der Waals surface area contributed by atoms with Gasteiger partial charge in [0.2, 0.25) is 0 Å². The maximum absolute atomic E-state index is 11.5. The lowest BCUT2D eigenvalue weighted by atomic mass is 9.96. The third-order valence-electron chi connectivity index (χ3n) is 3.25. The van der Waals surface area contributed by atoms with Gasteiger partial charge in [-0.25, -0.2) is 0 Å². The third-order valence-corrected chi connectivity index (χ3v) is 3.99. The Balaban J connectivity index is 3.07. The van der Waals surface area contributed by atoms with Crippen LogP contribution < -0.4 is 0 Å². The number of rotatable bonds is 5. The Morgan fingerprint density at radius 3 is 1.96 bits per heavy atom. The molecule has 1 aliphatic heterocycles. The number of halogens is 1. The van der Waals surface area contributed by atoms with Crippen molar-refractivity contribution < 1.29 is 33.3 Å². The van der Waals surface area contributed by atoms with Gasteiger partial charge in [-0.15, -0.1) is 0 Å². The summed E-state index contributed by atoms with van der Waals surface area (Å²) in [6.07, 6.45) is -2.15.